The van der Waals surface area contributed by atoms with Crippen LogP contribution in [0.1, 0.15) is 12.8 Å². The van der Waals surface area contributed by atoms with E-state index in [1.54, 1.807) is 12.1 Å². The lowest BCUT2D eigenvalue weighted by Gasteiger charge is -2.01. The molecule has 17 heavy (non-hydrogen) atoms. The lowest BCUT2D eigenvalue weighted by molar-refractivity contribution is 0.627. The van der Waals surface area contributed by atoms with Crippen molar-refractivity contribution in [1.29, 1.82) is 0 Å². The maximum atomic E-state index is 12.8. The summed E-state index contributed by atoms with van der Waals surface area (Å²) in [5.74, 6) is 0.526. The molecule has 0 unspecified atom stereocenters. The fourth-order valence-electron chi connectivity index (χ4n) is 1.57. The van der Waals surface area contributed by atoms with Crippen molar-refractivity contribution in [3.8, 4) is 5.69 Å². The van der Waals surface area contributed by atoms with Crippen molar-refractivity contribution in [2.75, 3.05) is 11.1 Å². The molecule has 0 spiro atoms. The zero-order valence-electron chi connectivity index (χ0n) is 9.10. The number of nitrogens with two attached hydrogens (primary N) is 1. The number of nitrogen functional groups attached to an aromatic ring is 1. The van der Waals surface area contributed by atoms with Crippen molar-refractivity contribution in [2.24, 2.45) is 0 Å². The fourth-order valence-corrected chi connectivity index (χ4v) is 1.57. The molecule has 1 aliphatic rings. The molecule has 1 heterocycles. The molecule has 2 aromatic rings. The minimum Gasteiger partial charge on any atom is -0.368 e. The molecule has 0 amide bonds. The van der Waals surface area contributed by atoms with Crippen LogP contribution in [0.5, 0.6) is 0 Å². The minimum absolute atomic E-state index is 0.288. The molecule has 0 atom stereocenters. The van der Waals surface area contributed by atoms with Gasteiger partial charge < -0.3 is 11.1 Å². The standard InChI is InChI=1S/C11H12FN5/c12-7-1-5-9(6-2-7)17-10(13)15-11(16-17)14-8-3-4-8/h1-2,5-6,8H,3-4H2,(H3,13,14,15,16). The second-order valence-corrected chi connectivity index (χ2v) is 4.10. The molecule has 0 bridgehead atoms. The third-order valence-corrected chi connectivity index (χ3v) is 2.61. The van der Waals surface area contributed by atoms with Crippen LogP contribution in [0.15, 0.2) is 24.3 Å². The van der Waals surface area contributed by atoms with Crippen LogP contribution in [0.2, 0.25) is 0 Å². The number of anilines is 2. The van der Waals surface area contributed by atoms with E-state index in [0.717, 1.165) is 12.8 Å². The zero-order valence-corrected chi connectivity index (χ0v) is 9.10. The van der Waals surface area contributed by atoms with Gasteiger partial charge in [-0.2, -0.15) is 9.67 Å². The summed E-state index contributed by atoms with van der Waals surface area (Å²) in [6, 6.07) is 6.43. The van der Waals surface area contributed by atoms with Crippen molar-refractivity contribution in [3.63, 3.8) is 0 Å². The predicted octanol–water partition coefficient (Wildman–Crippen LogP) is 1.56. The van der Waals surface area contributed by atoms with E-state index in [0.29, 0.717) is 23.6 Å². The van der Waals surface area contributed by atoms with Crippen LogP contribution in [0, 0.1) is 5.82 Å². The molecular formula is C11H12FN5. The Morgan fingerprint density at radius 3 is 2.65 bits per heavy atom. The zero-order chi connectivity index (χ0) is 11.8. The van der Waals surface area contributed by atoms with Gasteiger partial charge in [-0.25, -0.2) is 4.39 Å². The van der Waals surface area contributed by atoms with Gasteiger partial charge in [0.15, 0.2) is 0 Å². The minimum atomic E-state index is -0.288. The highest BCUT2D eigenvalue weighted by molar-refractivity contribution is 5.42. The number of nitrogens with zero attached hydrogens (tertiary/aromatic N) is 3. The lowest BCUT2D eigenvalue weighted by Crippen LogP contribution is -2.04. The van der Waals surface area contributed by atoms with E-state index in [1.807, 2.05) is 0 Å². The molecule has 1 aliphatic carbocycles. The Balaban J connectivity index is 1.90. The molecule has 1 saturated carbocycles. The van der Waals surface area contributed by atoms with Gasteiger partial charge in [0.1, 0.15) is 5.82 Å². The third-order valence-electron chi connectivity index (χ3n) is 2.61. The molecule has 0 saturated heterocycles. The summed E-state index contributed by atoms with van der Waals surface area (Å²) in [5, 5.41) is 7.40. The van der Waals surface area contributed by atoms with Gasteiger partial charge in [-0.3, -0.25) is 0 Å². The van der Waals surface area contributed by atoms with E-state index in [4.69, 9.17) is 5.73 Å². The molecule has 0 radical (unpaired) electrons. The summed E-state index contributed by atoms with van der Waals surface area (Å²) in [7, 11) is 0. The number of hydrogen-bond donors (Lipinski definition) is 2. The lowest BCUT2D eigenvalue weighted by atomic mass is 10.3. The Hall–Kier alpha value is -2.11. The van der Waals surface area contributed by atoms with Gasteiger partial charge in [-0.1, -0.05) is 0 Å². The number of aromatic nitrogens is 3. The van der Waals surface area contributed by atoms with Gasteiger partial charge in [-0.05, 0) is 37.1 Å². The second-order valence-electron chi connectivity index (χ2n) is 4.10. The van der Waals surface area contributed by atoms with Crippen LogP contribution in [0.25, 0.3) is 5.69 Å². The molecule has 6 heteroatoms. The first-order valence-corrected chi connectivity index (χ1v) is 5.47. The van der Waals surface area contributed by atoms with E-state index in [1.165, 1.54) is 16.8 Å². The monoisotopic (exact) mass is 233 g/mol. The molecule has 3 N–H and O–H groups in total. The highest BCUT2D eigenvalue weighted by Crippen LogP contribution is 2.24. The molecule has 1 fully saturated rings. The first-order valence-electron chi connectivity index (χ1n) is 5.47. The Kier molecular flexibility index (Phi) is 2.21. The van der Waals surface area contributed by atoms with Gasteiger partial charge in [0.25, 0.3) is 0 Å². The van der Waals surface area contributed by atoms with E-state index in [2.05, 4.69) is 15.4 Å². The maximum absolute atomic E-state index is 12.8. The Bertz CT molecular complexity index is 529. The quantitative estimate of drug-likeness (QED) is 0.844. The third kappa shape index (κ3) is 2.06. The molecule has 88 valence electrons. The van der Waals surface area contributed by atoms with Gasteiger partial charge in [0.2, 0.25) is 11.9 Å². The van der Waals surface area contributed by atoms with E-state index < -0.39 is 0 Å². The van der Waals surface area contributed by atoms with Crippen LogP contribution in [0.3, 0.4) is 0 Å². The second kappa shape index (κ2) is 3.73. The van der Waals surface area contributed by atoms with Crippen molar-refractivity contribution >= 4 is 11.9 Å². The van der Waals surface area contributed by atoms with Crippen molar-refractivity contribution < 1.29 is 4.39 Å². The van der Waals surface area contributed by atoms with Crippen LogP contribution >= 0.6 is 0 Å². The smallest absolute Gasteiger partial charge is 0.244 e. The number of nitrogens with one attached hydrogen (secondary N) is 1. The molecule has 5 nitrogen and oxygen atoms in total. The summed E-state index contributed by atoms with van der Waals surface area (Å²) >= 11 is 0. The summed E-state index contributed by atoms with van der Waals surface area (Å²) in [5.41, 5.74) is 6.46. The topological polar surface area (TPSA) is 68.8 Å². The Morgan fingerprint density at radius 2 is 2.00 bits per heavy atom. The first-order chi connectivity index (χ1) is 8.22. The van der Waals surface area contributed by atoms with Gasteiger partial charge >= 0.3 is 0 Å². The van der Waals surface area contributed by atoms with Gasteiger partial charge in [0, 0.05) is 6.04 Å². The molecule has 0 aliphatic heterocycles. The van der Waals surface area contributed by atoms with Crippen molar-refractivity contribution in [3.05, 3.63) is 30.1 Å². The van der Waals surface area contributed by atoms with Crippen LogP contribution in [-0.4, -0.2) is 20.8 Å². The van der Waals surface area contributed by atoms with Crippen LogP contribution < -0.4 is 11.1 Å². The predicted molar refractivity (Wildman–Crippen MR) is 62.4 cm³/mol. The number of rotatable bonds is 3. The van der Waals surface area contributed by atoms with Crippen molar-refractivity contribution in [2.45, 2.75) is 18.9 Å². The average Bonchev–Trinajstić information content (AvgIpc) is 3.03. The SMILES string of the molecule is Nc1nc(NC2CC2)nn1-c1ccc(F)cc1. The largest absolute Gasteiger partial charge is 0.368 e. The first kappa shape index (κ1) is 10.1. The Labute approximate surface area is 97.5 Å². The van der Waals surface area contributed by atoms with E-state index in [9.17, 15) is 4.39 Å². The number of halogens is 1. The Morgan fingerprint density at radius 1 is 1.29 bits per heavy atom. The van der Waals surface area contributed by atoms with Crippen LogP contribution in [0.4, 0.5) is 16.3 Å². The van der Waals surface area contributed by atoms with Crippen LogP contribution in [-0.2, 0) is 0 Å². The fraction of sp³-hybridized carbons (Fsp3) is 0.273. The molecule has 1 aromatic carbocycles. The summed E-state index contributed by atoms with van der Waals surface area (Å²) in [6.45, 7) is 0. The molecule has 3 rings (SSSR count). The highest BCUT2D eigenvalue weighted by Gasteiger charge is 2.23. The van der Waals surface area contributed by atoms with Crippen molar-refractivity contribution in [1.82, 2.24) is 14.8 Å². The summed E-state index contributed by atoms with van der Waals surface area (Å²) in [6.07, 6.45) is 2.29. The normalized spacial score (nSPS) is 14.9. The number of benzene rings is 1. The van der Waals surface area contributed by atoms with Gasteiger partial charge in [-0.15, -0.1) is 5.10 Å². The molecular weight excluding hydrogens is 221 g/mol. The van der Waals surface area contributed by atoms with Gasteiger partial charge in [0.05, 0.1) is 5.69 Å². The van der Waals surface area contributed by atoms with E-state index >= 15 is 0 Å². The molecule has 1 aromatic heterocycles. The summed E-state index contributed by atoms with van der Waals surface area (Å²) in [4.78, 5) is 4.11. The highest BCUT2D eigenvalue weighted by atomic mass is 19.1. The average molecular weight is 233 g/mol. The van der Waals surface area contributed by atoms with E-state index in [-0.39, 0.29) is 5.82 Å². The summed E-state index contributed by atoms with van der Waals surface area (Å²) < 4.78 is 14.3. The maximum Gasteiger partial charge on any atom is 0.244 e. The number of hydrogen-bond acceptors (Lipinski definition) is 4.